The number of pyridine rings is 2. The summed E-state index contributed by atoms with van der Waals surface area (Å²) in [5.41, 5.74) is 0.878. The van der Waals surface area contributed by atoms with Crippen LogP contribution in [0.25, 0.3) is 0 Å². The van der Waals surface area contributed by atoms with E-state index in [1.165, 1.54) is 32.0 Å². The van der Waals surface area contributed by atoms with Crippen molar-refractivity contribution >= 4 is 0 Å². The highest BCUT2D eigenvalue weighted by molar-refractivity contribution is 5.27. The molecular formula is C24H30F3N3O. The van der Waals surface area contributed by atoms with Crippen molar-refractivity contribution in [2.45, 2.75) is 75.6 Å². The molecule has 1 N–H and O–H groups in total. The SMILES string of the molecule is Cc1ncc(CNCC[C@]2(c3ccccn3)CCOC3(CCCC3)C2)cc1C(F)(F)F. The average Bonchev–Trinajstić information content (AvgIpc) is 3.19. The van der Waals surface area contributed by atoms with Gasteiger partial charge in [0.1, 0.15) is 0 Å². The fourth-order valence-corrected chi connectivity index (χ4v) is 5.32. The van der Waals surface area contributed by atoms with Crippen LogP contribution in [-0.4, -0.2) is 28.7 Å². The average molecular weight is 434 g/mol. The Hall–Kier alpha value is -1.99. The molecule has 2 fully saturated rings. The van der Waals surface area contributed by atoms with Gasteiger partial charge < -0.3 is 10.1 Å². The van der Waals surface area contributed by atoms with Gasteiger partial charge in [-0.2, -0.15) is 13.2 Å². The summed E-state index contributed by atoms with van der Waals surface area (Å²) in [6.07, 6.45) is 6.35. The van der Waals surface area contributed by atoms with Gasteiger partial charge in [0.15, 0.2) is 0 Å². The molecule has 2 aliphatic rings. The molecule has 31 heavy (non-hydrogen) atoms. The summed E-state index contributed by atoms with van der Waals surface area (Å²) in [6.45, 7) is 3.17. The van der Waals surface area contributed by atoms with Crippen LogP contribution in [0.1, 0.15) is 67.5 Å². The summed E-state index contributed by atoms with van der Waals surface area (Å²) < 4.78 is 45.8. The lowest BCUT2D eigenvalue weighted by Crippen LogP contribution is -2.47. The molecular weight excluding hydrogens is 403 g/mol. The van der Waals surface area contributed by atoms with E-state index in [0.717, 1.165) is 44.4 Å². The second-order valence-corrected chi connectivity index (χ2v) is 9.06. The number of ether oxygens (including phenoxy) is 1. The third-order valence-corrected chi connectivity index (χ3v) is 6.93. The van der Waals surface area contributed by atoms with Crippen molar-refractivity contribution in [3.05, 3.63) is 59.2 Å². The standard InChI is InChI=1S/C24H30F3N3O/c1-18-20(24(25,26)27)14-19(16-30-18)15-28-12-9-22(21-6-2-5-11-29-21)10-13-31-23(17-22)7-3-4-8-23/h2,5-6,11,14,16,28H,3-4,7-10,12-13,15,17H2,1H3/t22-/m0/s1. The minimum atomic E-state index is -4.38. The van der Waals surface area contributed by atoms with Crippen molar-refractivity contribution in [2.75, 3.05) is 13.2 Å². The molecule has 2 aromatic rings. The monoisotopic (exact) mass is 433 g/mol. The van der Waals surface area contributed by atoms with Gasteiger partial charge in [0.2, 0.25) is 0 Å². The van der Waals surface area contributed by atoms with Gasteiger partial charge in [-0.1, -0.05) is 18.9 Å². The van der Waals surface area contributed by atoms with Crippen LogP contribution < -0.4 is 5.32 Å². The first-order valence-corrected chi connectivity index (χ1v) is 11.1. The molecule has 7 heteroatoms. The first kappa shape index (κ1) is 22.2. The predicted octanol–water partition coefficient (Wildman–Crippen LogP) is 5.34. The number of nitrogens with zero attached hydrogens (tertiary/aromatic N) is 2. The number of hydrogen-bond acceptors (Lipinski definition) is 4. The van der Waals surface area contributed by atoms with Crippen molar-refractivity contribution in [3.63, 3.8) is 0 Å². The fourth-order valence-electron chi connectivity index (χ4n) is 5.32. The van der Waals surface area contributed by atoms with Crippen molar-refractivity contribution < 1.29 is 17.9 Å². The molecule has 2 aromatic heterocycles. The van der Waals surface area contributed by atoms with E-state index >= 15 is 0 Å². The van der Waals surface area contributed by atoms with Gasteiger partial charge in [-0.25, -0.2) is 0 Å². The van der Waals surface area contributed by atoms with Gasteiger partial charge >= 0.3 is 6.18 Å². The highest BCUT2D eigenvalue weighted by Gasteiger charge is 2.48. The molecule has 1 saturated heterocycles. The molecule has 0 amide bonds. The lowest BCUT2D eigenvalue weighted by Gasteiger charge is -2.46. The molecule has 4 nitrogen and oxygen atoms in total. The molecule has 1 saturated carbocycles. The molecule has 0 radical (unpaired) electrons. The summed E-state index contributed by atoms with van der Waals surface area (Å²) in [7, 11) is 0. The number of alkyl halides is 3. The van der Waals surface area contributed by atoms with E-state index in [-0.39, 0.29) is 16.7 Å². The van der Waals surface area contributed by atoms with Crippen LogP contribution >= 0.6 is 0 Å². The maximum absolute atomic E-state index is 13.2. The molecule has 1 aliphatic carbocycles. The Morgan fingerprint density at radius 2 is 1.94 bits per heavy atom. The van der Waals surface area contributed by atoms with E-state index in [4.69, 9.17) is 9.72 Å². The Morgan fingerprint density at radius 1 is 1.13 bits per heavy atom. The van der Waals surface area contributed by atoms with Gasteiger partial charge in [-0.05, 0) is 69.3 Å². The largest absolute Gasteiger partial charge is 0.418 e. The Kier molecular flexibility index (Phi) is 6.35. The zero-order chi connectivity index (χ0) is 22.0. The maximum atomic E-state index is 13.2. The molecule has 0 aromatic carbocycles. The van der Waals surface area contributed by atoms with E-state index < -0.39 is 11.7 Å². The smallest absolute Gasteiger partial charge is 0.375 e. The van der Waals surface area contributed by atoms with Gasteiger partial charge in [0.25, 0.3) is 0 Å². The summed E-state index contributed by atoms with van der Waals surface area (Å²) >= 11 is 0. The van der Waals surface area contributed by atoms with Crippen molar-refractivity contribution in [3.8, 4) is 0 Å². The third kappa shape index (κ3) is 4.93. The highest BCUT2D eigenvalue weighted by Crippen LogP contribution is 2.49. The first-order valence-electron chi connectivity index (χ1n) is 11.1. The van der Waals surface area contributed by atoms with Crippen LogP contribution in [0.2, 0.25) is 0 Å². The van der Waals surface area contributed by atoms with Crippen LogP contribution in [0.5, 0.6) is 0 Å². The van der Waals surface area contributed by atoms with E-state index in [2.05, 4.69) is 16.4 Å². The quantitative estimate of drug-likeness (QED) is 0.625. The Balaban J connectivity index is 1.44. The molecule has 1 spiro atoms. The molecule has 168 valence electrons. The third-order valence-electron chi connectivity index (χ3n) is 6.93. The molecule has 3 heterocycles. The summed E-state index contributed by atoms with van der Waals surface area (Å²) in [5.74, 6) is 0. The number of halogens is 3. The van der Waals surface area contributed by atoms with Gasteiger partial charge in [-0.3, -0.25) is 9.97 Å². The maximum Gasteiger partial charge on any atom is 0.418 e. The summed E-state index contributed by atoms with van der Waals surface area (Å²) in [5, 5.41) is 3.34. The highest BCUT2D eigenvalue weighted by atomic mass is 19.4. The van der Waals surface area contributed by atoms with Crippen LogP contribution in [0.3, 0.4) is 0 Å². The lowest BCUT2D eigenvalue weighted by atomic mass is 9.68. The fraction of sp³-hybridized carbons (Fsp3) is 0.583. The first-order chi connectivity index (χ1) is 14.8. The van der Waals surface area contributed by atoms with Crippen molar-refractivity contribution in [1.82, 2.24) is 15.3 Å². The number of rotatable bonds is 6. The van der Waals surface area contributed by atoms with Crippen LogP contribution in [0, 0.1) is 6.92 Å². The Labute approximate surface area is 181 Å². The molecule has 1 atom stereocenters. The number of nitrogens with one attached hydrogen (secondary N) is 1. The van der Waals surface area contributed by atoms with Crippen LogP contribution in [0.15, 0.2) is 36.7 Å². The van der Waals surface area contributed by atoms with Crippen molar-refractivity contribution in [2.24, 2.45) is 0 Å². The van der Waals surface area contributed by atoms with Gasteiger partial charge in [0.05, 0.1) is 11.2 Å². The number of aromatic nitrogens is 2. The molecule has 0 bridgehead atoms. The van der Waals surface area contributed by atoms with Gasteiger partial charge in [0, 0.05) is 42.3 Å². The second kappa shape index (κ2) is 8.87. The lowest BCUT2D eigenvalue weighted by molar-refractivity contribution is -0.138. The van der Waals surface area contributed by atoms with E-state index in [1.807, 2.05) is 18.3 Å². The topological polar surface area (TPSA) is 47.0 Å². The van der Waals surface area contributed by atoms with Crippen LogP contribution in [-0.2, 0) is 22.9 Å². The molecule has 0 unspecified atom stereocenters. The Bertz CT molecular complexity index is 881. The van der Waals surface area contributed by atoms with Crippen LogP contribution in [0.4, 0.5) is 13.2 Å². The minimum Gasteiger partial charge on any atom is -0.375 e. The normalized spacial score (nSPS) is 23.4. The van der Waals surface area contributed by atoms with E-state index in [9.17, 15) is 13.2 Å². The summed E-state index contributed by atoms with van der Waals surface area (Å²) in [4.78, 5) is 8.63. The van der Waals surface area contributed by atoms with Gasteiger partial charge in [-0.15, -0.1) is 0 Å². The molecule has 1 aliphatic heterocycles. The minimum absolute atomic E-state index is 0.00872. The van der Waals surface area contributed by atoms with E-state index in [0.29, 0.717) is 18.7 Å². The zero-order valence-electron chi connectivity index (χ0n) is 18.0. The van der Waals surface area contributed by atoms with E-state index in [1.54, 1.807) is 0 Å². The summed E-state index contributed by atoms with van der Waals surface area (Å²) in [6, 6.07) is 7.27. The Morgan fingerprint density at radius 3 is 2.65 bits per heavy atom. The predicted molar refractivity (Wildman–Crippen MR) is 113 cm³/mol. The second-order valence-electron chi connectivity index (χ2n) is 9.06. The molecule has 4 rings (SSSR count). The number of aryl methyl sites for hydroxylation is 1. The number of hydrogen-bond donors (Lipinski definition) is 1. The van der Waals surface area contributed by atoms with Crippen molar-refractivity contribution in [1.29, 1.82) is 0 Å². The zero-order valence-corrected chi connectivity index (χ0v) is 18.0.